The molecule has 1 saturated heterocycles. The van der Waals surface area contributed by atoms with Crippen molar-refractivity contribution in [2.24, 2.45) is 0 Å². The van der Waals surface area contributed by atoms with Crippen molar-refractivity contribution in [3.63, 3.8) is 0 Å². The summed E-state index contributed by atoms with van der Waals surface area (Å²) in [6.45, 7) is 4.55. The molecule has 0 radical (unpaired) electrons. The fourth-order valence-corrected chi connectivity index (χ4v) is 4.10. The minimum atomic E-state index is -0.166. The lowest BCUT2D eigenvalue weighted by Gasteiger charge is -2.14. The lowest BCUT2D eigenvalue weighted by atomic mass is 10.1. The first-order valence-corrected chi connectivity index (χ1v) is 10.7. The van der Waals surface area contributed by atoms with Crippen LogP contribution in [-0.2, 0) is 9.59 Å². The number of rotatable bonds is 14. The SMILES string of the molecule is CCCSC1CC(=O)N(CCCCCCCCCCC(C)O)C1=O. The van der Waals surface area contributed by atoms with E-state index in [-0.39, 0.29) is 23.2 Å². The summed E-state index contributed by atoms with van der Waals surface area (Å²) in [4.78, 5) is 25.6. The highest BCUT2D eigenvalue weighted by Gasteiger charge is 2.37. The largest absolute Gasteiger partial charge is 0.393 e. The molecule has 0 aromatic rings. The van der Waals surface area contributed by atoms with Gasteiger partial charge in [-0.05, 0) is 31.9 Å². The van der Waals surface area contributed by atoms with Gasteiger partial charge in [-0.1, -0.05) is 51.9 Å². The molecule has 1 rings (SSSR count). The van der Waals surface area contributed by atoms with Crippen LogP contribution in [0.15, 0.2) is 0 Å². The fourth-order valence-electron chi connectivity index (χ4n) is 3.05. The molecular weight excluding hydrogens is 322 g/mol. The molecule has 24 heavy (non-hydrogen) atoms. The smallest absolute Gasteiger partial charge is 0.242 e. The number of carbonyl (C=O) groups excluding carboxylic acids is 2. The van der Waals surface area contributed by atoms with E-state index in [0.29, 0.717) is 13.0 Å². The van der Waals surface area contributed by atoms with Crippen LogP contribution in [0.4, 0.5) is 0 Å². The highest BCUT2D eigenvalue weighted by Crippen LogP contribution is 2.26. The molecule has 1 aliphatic heterocycles. The molecule has 1 fully saturated rings. The first kappa shape index (κ1) is 21.5. The summed E-state index contributed by atoms with van der Waals surface area (Å²) in [6.07, 6.45) is 11.4. The molecule has 0 saturated carbocycles. The van der Waals surface area contributed by atoms with E-state index in [1.165, 1.54) is 37.0 Å². The van der Waals surface area contributed by atoms with E-state index in [0.717, 1.165) is 37.9 Å². The normalized spacial score (nSPS) is 19.3. The van der Waals surface area contributed by atoms with Gasteiger partial charge in [0.25, 0.3) is 0 Å². The molecule has 1 heterocycles. The molecule has 4 nitrogen and oxygen atoms in total. The highest BCUT2D eigenvalue weighted by molar-refractivity contribution is 8.00. The van der Waals surface area contributed by atoms with Crippen LogP contribution in [0.3, 0.4) is 0 Å². The Balaban J connectivity index is 2.01. The Labute approximate surface area is 151 Å². The Bertz CT molecular complexity index is 374. The maximum Gasteiger partial charge on any atom is 0.242 e. The number of aliphatic hydroxyl groups is 1. The van der Waals surface area contributed by atoms with Gasteiger partial charge in [0.05, 0.1) is 11.4 Å². The number of likely N-dealkylation sites (tertiary alicyclic amines) is 1. The standard InChI is InChI=1S/C19H35NO3S/c1-3-14-24-17-15-18(22)20(19(17)23)13-11-9-7-5-4-6-8-10-12-16(2)21/h16-17,21H,3-15H2,1-2H3. The number of nitrogens with zero attached hydrogens (tertiary/aromatic N) is 1. The number of unbranched alkanes of at least 4 members (excludes halogenated alkanes) is 7. The number of amides is 2. The van der Waals surface area contributed by atoms with Gasteiger partial charge in [-0.25, -0.2) is 0 Å². The van der Waals surface area contributed by atoms with Crippen molar-refractivity contribution in [2.75, 3.05) is 12.3 Å². The van der Waals surface area contributed by atoms with E-state index >= 15 is 0 Å². The van der Waals surface area contributed by atoms with E-state index < -0.39 is 0 Å². The molecule has 1 aliphatic rings. The molecule has 140 valence electrons. The number of hydrogen-bond donors (Lipinski definition) is 1. The zero-order valence-electron chi connectivity index (χ0n) is 15.5. The van der Waals surface area contributed by atoms with Gasteiger partial charge in [0.2, 0.25) is 11.8 Å². The quantitative estimate of drug-likeness (QED) is 0.375. The molecule has 1 N–H and O–H groups in total. The summed E-state index contributed by atoms with van der Waals surface area (Å²) in [7, 11) is 0. The van der Waals surface area contributed by atoms with E-state index in [2.05, 4.69) is 6.92 Å². The summed E-state index contributed by atoms with van der Waals surface area (Å²) in [5, 5.41) is 9.06. The molecule has 0 aromatic heterocycles. The molecule has 2 unspecified atom stereocenters. The highest BCUT2D eigenvalue weighted by atomic mass is 32.2. The number of hydrogen-bond acceptors (Lipinski definition) is 4. The van der Waals surface area contributed by atoms with E-state index in [9.17, 15) is 14.7 Å². The molecule has 2 atom stereocenters. The fraction of sp³-hybridized carbons (Fsp3) is 0.895. The molecule has 2 amide bonds. The van der Waals surface area contributed by atoms with Crippen LogP contribution in [0.5, 0.6) is 0 Å². The van der Waals surface area contributed by atoms with Gasteiger partial charge < -0.3 is 5.11 Å². The predicted octanol–water partition coefficient (Wildman–Crippen LogP) is 4.15. The Morgan fingerprint density at radius 3 is 2.25 bits per heavy atom. The molecule has 5 heteroatoms. The predicted molar refractivity (Wildman–Crippen MR) is 101 cm³/mol. The van der Waals surface area contributed by atoms with E-state index in [4.69, 9.17) is 0 Å². The van der Waals surface area contributed by atoms with Crippen molar-refractivity contribution < 1.29 is 14.7 Å². The summed E-state index contributed by atoms with van der Waals surface area (Å²) < 4.78 is 0. The zero-order valence-corrected chi connectivity index (χ0v) is 16.3. The minimum absolute atomic E-state index is 0.0201. The summed E-state index contributed by atoms with van der Waals surface area (Å²) >= 11 is 1.63. The number of imide groups is 1. The van der Waals surface area contributed by atoms with Crippen LogP contribution in [0.25, 0.3) is 0 Å². The van der Waals surface area contributed by atoms with Crippen LogP contribution < -0.4 is 0 Å². The molecular formula is C19H35NO3S. The average Bonchev–Trinajstić information content (AvgIpc) is 2.81. The van der Waals surface area contributed by atoms with Gasteiger partial charge in [-0.2, -0.15) is 0 Å². The van der Waals surface area contributed by atoms with Crippen molar-refractivity contribution in [3.8, 4) is 0 Å². The summed E-state index contributed by atoms with van der Waals surface area (Å²) in [6, 6.07) is 0. The van der Waals surface area contributed by atoms with Crippen molar-refractivity contribution in [1.29, 1.82) is 0 Å². The second-order valence-electron chi connectivity index (χ2n) is 6.91. The Hall–Kier alpha value is -0.550. The van der Waals surface area contributed by atoms with Crippen LogP contribution >= 0.6 is 11.8 Å². The van der Waals surface area contributed by atoms with Gasteiger partial charge in [0.15, 0.2) is 0 Å². The first-order chi connectivity index (χ1) is 11.6. The van der Waals surface area contributed by atoms with Crippen LogP contribution in [0.2, 0.25) is 0 Å². The Morgan fingerprint density at radius 2 is 1.67 bits per heavy atom. The Morgan fingerprint density at radius 1 is 1.08 bits per heavy atom. The van der Waals surface area contributed by atoms with Crippen molar-refractivity contribution in [2.45, 2.75) is 95.8 Å². The lowest BCUT2D eigenvalue weighted by molar-refractivity contribution is -0.138. The molecule has 0 aromatic carbocycles. The van der Waals surface area contributed by atoms with Crippen LogP contribution in [-0.4, -0.2) is 45.5 Å². The van der Waals surface area contributed by atoms with Gasteiger partial charge in [-0.3, -0.25) is 14.5 Å². The summed E-state index contributed by atoms with van der Waals surface area (Å²) in [5.41, 5.74) is 0. The zero-order chi connectivity index (χ0) is 17.8. The number of carbonyl (C=O) groups is 2. The third-order valence-electron chi connectivity index (χ3n) is 4.48. The van der Waals surface area contributed by atoms with Gasteiger partial charge in [-0.15, -0.1) is 11.8 Å². The monoisotopic (exact) mass is 357 g/mol. The van der Waals surface area contributed by atoms with Gasteiger partial charge >= 0.3 is 0 Å². The average molecular weight is 358 g/mol. The molecule has 0 bridgehead atoms. The molecule has 0 spiro atoms. The van der Waals surface area contributed by atoms with Crippen LogP contribution in [0, 0.1) is 0 Å². The third kappa shape index (κ3) is 8.52. The maximum absolute atomic E-state index is 12.2. The van der Waals surface area contributed by atoms with E-state index in [1.807, 2.05) is 6.92 Å². The number of thioether (sulfide) groups is 1. The van der Waals surface area contributed by atoms with Crippen molar-refractivity contribution >= 4 is 23.6 Å². The topological polar surface area (TPSA) is 57.6 Å². The van der Waals surface area contributed by atoms with Gasteiger partial charge in [0.1, 0.15) is 0 Å². The maximum atomic E-state index is 12.2. The third-order valence-corrected chi connectivity index (χ3v) is 5.89. The van der Waals surface area contributed by atoms with E-state index in [1.54, 1.807) is 11.8 Å². The second kappa shape index (κ2) is 12.8. The summed E-state index contributed by atoms with van der Waals surface area (Å²) in [5.74, 6) is 1.01. The van der Waals surface area contributed by atoms with Crippen molar-refractivity contribution in [1.82, 2.24) is 4.90 Å². The first-order valence-electron chi connectivity index (χ1n) is 9.70. The number of aliphatic hydroxyl groups excluding tert-OH is 1. The van der Waals surface area contributed by atoms with Crippen molar-refractivity contribution in [3.05, 3.63) is 0 Å². The molecule has 0 aliphatic carbocycles. The van der Waals surface area contributed by atoms with Gasteiger partial charge in [0, 0.05) is 13.0 Å². The Kier molecular flexibility index (Phi) is 11.4. The minimum Gasteiger partial charge on any atom is -0.393 e. The second-order valence-corrected chi connectivity index (χ2v) is 8.22. The van der Waals surface area contributed by atoms with Crippen LogP contribution in [0.1, 0.15) is 84.5 Å². The lowest BCUT2D eigenvalue weighted by Crippen LogP contribution is -2.32.